The molecule has 2 heterocycles. The molecule has 1 saturated heterocycles. The highest BCUT2D eigenvalue weighted by Gasteiger charge is 2.43. The van der Waals surface area contributed by atoms with E-state index in [-0.39, 0.29) is 6.61 Å². The van der Waals surface area contributed by atoms with Crippen molar-refractivity contribution in [1.82, 2.24) is 9.88 Å². The molecule has 7 nitrogen and oxygen atoms in total. The minimum absolute atomic E-state index is 0.0336. The predicted molar refractivity (Wildman–Crippen MR) is 112 cm³/mol. The number of pyridine rings is 1. The predicted octanol–water partition coefficient (Wildman–Crippen LogP) is 2.58. The topological polar surface area (TPSA) is 109 Å². The summed E-state index contributed by atoms with van der Waals surface area (Å²) < 4.78 is 0. The van der Waals surface area contributed by atoms with Crippen LogP contribution in [0.1, 0.15) is 43.4 Å². The summed E-state index contributed by atoms with van der Waals surface area (Å²) >= 11 is 0. The van der Waals surface area contributed by atoms with Crippen molar-refractivity contribution in [3.63, 3.8) is 0 Å². The van der Waals surface area contributed by atoms with Crippen LogP contribution in [-0.4, -0.2) is 33.3 Å². The lowest BCUT2D eigenvalue weighted by molar-refractivity contribution is -0.150. The van der Waals surface area contributed by atoms with E-state index in [9.17, 15) is 14.7 Å². The van der Waals surface area contributed by atoms with Crippen LogP contribution in [0.2, 0.25) is 0 Å². The van der Waals surface area contributed by atoms with Gasteiger partial charge >= 0.3 is 11.8 Å². The van der Waals surface area contributed by atoms with Crippen LogP contribution in [0.4, 0.5) is 11.5 Å². The standard InChI is InChI=1S/C22H28N4O3/c1-14-8-9-22(3,17-6-4-16(13-27)5-7-17)26(12-14)21(29)20(28)25-18-10-15(2)19(23)24-11-18/h4-7,10-11,14,27H,8-9,12-13H2,1-3H3,(H2,23,24)(H,25,28)/t14-,22-/m0/s1. The first-order chi connectivity index (χ1) is 13.7. The first-order valence-corrected chi connectivity index (χ1v) is 9.80. The lowest BCUT2D eigenvalue weighted by Gasteiger charge is -2.47. The lowest BCUT2D eigenvalue weighted by Crippen LogP contribution is -2.55. The average Bonchev–Trinajstić information content (AvgIpc) is 2.72. The molecule has 1 aromatic carbocycles. The molecule has 1 aromatic heterocycles. The second kappa shape index (κ2) is 8.21. The summed E-state index contributed by atoms with van der Waals surface area (Å²) in [6.45, 7) is 6.34. The molecule has 3 rings (SSSR count). The highest BCUT2D eigenvalue weighted by Crippen LogP contribution is 2.39. The van der Waals surface area contributed by atoms with Gasteiger partial charge in [-0.1, -0.05) is 31.2 Å². The van der Waals surface area contributed by atoms with Crippen LogP contribution in [0.25, 0.3) is 0 Å². The molecule has 1 aliphatic rings. The van der Waals surface area contributed by atoms with Crippen molar-refractivity contribution < 1.29 is 14.7 Å². The molecule has 154 valence electrons. The number of rotatable bonds is 3. The minimum Gasteiger partial charge on any atom is -0.392 e. The van der Waals surface area contributed by atoms with Crippen LogP contribution in [-0.2, 0) is 21.7 Å². The molecule has 1 fully saturated rings. The third-order valence-corrected chi connectivity index (χ3v) is 5.79. The molecular formula is C22H28N4O3. The molecule has 0 spiro atoms. The van der Waals surface area contributed by atoms with Crippen molar-refractivity contribution in [2.24, 2.45) is 5.92 Å². The number of nitrogens with two attached hydrogens (primary N) is 1. The number of hydrogen-bond acceptors (Lipinski definition) is 5. The number of benzene rings is 1. The van der Waals surface area contributed by atoms with Gasteiger partial charge in [0.05, 0.1) is 24.0 Å². The van der Waals surface area contributed by atoms with Crippen molar-refractivity contribution in [1.29, 1.82) is 0 Å². The Morgan fingerprint density at radius 3 is 2.66 bits per heavy atom. The maximum atomic E-state index is 13.1. The summed E-state index contributed by atoms with van der Waals surface area (Å²) in [6, 6.07) is 9.24. The molecule has 4 N–H and O–H groups in total. The van der Waals surface area contributed by atoms with Crippen LogP contribution < -0.4 is 11.1 Å². The fraction of sp³-hybridized carbons (Fsp3) is 0.409. The normalized spacial score (nSPS) is 21.7. The summed E-state index contributed by atoms with van der Waals surface area (Å²) in [4.78, 5) is 31.6. The lowest BCUT2D eigenvalue weighted by atomic mass is 9.78. The van der Waals surface area contributed by atoms with E-state index in [1.165, 1.54) is 6.20 Å². The molecule has 2 atom stereocenters. The summed E-state index contributed by atoms with van der Waals surface area (Å²) in [5, 5.41) is 11.9. The van der Waals surface area contributed by atoms with Crippen LogP contribution in [0.3, 0.4) is 0 Å². The van der Waals surface area contributed by atoms with E-state index < -0.39 is 17.4 Å². The Bertz CT molecular complexity index is 913. The summed E-state index contributed by atoms with van der Waals surface area (Å²) in [5.74, 6) is -0.571. The molecule has 0 saturated carbocycles. The Balaban J connectivity index is 1.85. The van der Waals surface area contributed by atoms with E-state index in [1.807, 2.05) is 31.2 Å². The van der Waals surface area contributed by atoms with Gasteiger partial charge in [-0.05, 0) is 55.4 Å². The summed E-state index contributed by atoms with van der Waals surface area (Å²) in [5.41, 5.74) is 8.06. The zero-order valence-corrected chi connectivity index (χ0v) is 17.1. The zero-order valence-electron chi connectivity index (χ0n) is 17.1. The third kappa shape index (κ3) is 4.24. The number of aliphatic hydroxyl groups excluding tert-OH is 1. The van der Waals surface area contributed by atoms with E-state index in [4.69, 9.17) is 5.73 Å². The number of carbonyl (C=O) groups is 2. The Morgan fingerprint density at radius 1 is 1.34 bits per heavy atom. The molecular weight excluding hydrogens is 368 g/mol. The fourth-order valence-electron chi connectivity index (χ4n) is 3.80. The van der Waals surface area contributed by atoms with E-state index >= 15 is 0 Å². The first-order valence-electron chi connectivity index (χ1n) is 9.80. The molecule has 0 unspecified atom stereocenters. The number of aliphatic hydroxyl groups is 1. The Kier molecular flexibility index (Phi) is 5.88. The van der Waals surface area contributed by atoms with Gasteiger partial charge in [0.15, 0.2) is 0 Å². The van der Waals surface area contributed by atoms with Gasteiger partial charge in [-0.3, -0.25) is 9.59 Å². The number of aromatic nitrogens is 1. The van der Waals surface area contributed by atoms with Crippen molar-refractivity contribution >= 4 is 23.3 Å². The number of hydrogen-bond donors (Lipinski definition) is 3. The van der Waals surface area contributed by atoms with E-state index in [2.05, 4.69) is 17.2 Å². The van der Waals surface area contributed by atoms with Gasteiger partial charge < -0.3 is 21.1 Å². The molecule has 29 heavy (non-hydrogen) atoms. The number of likely N-dealkylation sites (tertiary alicyclic amines) is 1. The average molecular weight is 396 g/mol. The molecule has 0 bridgehead atoms. The number of nitrogens with one attached hydrogen (secondary N) is 1. The monoisotopic (exact) mass is 396 g/mol. The van der Waals surface area contributed by atoms with Crippen LogP contribution in [0, 0.1) is 12.8 Å². The smallest absolute Gasteiger partial charge is 0.313 e. The first kappa shape index (κ1) is 20.8. The van der Waals surface area contributed by atoms with Gasteiger partial charge in [-0.15, -0.1) is 0 Å². The van der Waals surface area contributed by atoms with E-state index in [1.54, 1.807) is 17.9 Å². The van der Waals surface area contributed by atoms with Crippen molar-refractivity contribution in [3.8, 4) is 0 Å². The number of nitrogen functional groups attached to an aromatic ring is 1. The molecule has 0 radical (unpaired) electrons. The second-order valence-corrected chi connectivity index (χ2v) is 8.07. The van der Waals surface area contributed by atoms with Gasteiger partial charge in [-0.2, -0.15) is 0 Å². The van der Waals surface area contributed by atoms with Gasteiger partial charge in [0, 0.05) is 6.54 Å². The van der Waals surface area contributed by atoms with Gasteiger partial charge in [-0.25, -0.2) is 4.98 Å². The second-order valence-electron chi connectivity index (χ2n) is 8.07. The summed E-state index contributed by atoms with van der Waals surface area (Å²) in [7, 11) is 0. The number of aryl methyl sites for hydroxylation is 1. The third-order valence-electron chi connectivity index (χ3n) is 5.79. The molecule has 0 aliphatic carbocycles. The molecule has 1 aliphatic heterocycles. The van der Waals surface area contributed by atoms with Crippen molar-refractivity contribution in [2.45, 2.75) is 45.8 Å². The minimum atomic E-state index is -0.691. The number of carbonyl (C=O) groups excluding carboxylic acids is 2. The number of amides is 2. The van der Waals surface area contributed by atoms with Crippen LogP contribution in [0.5, 0.6) is 0 Å². The van der Waals surface area contributed by atoms with Crippen molar-refractivity contribution in [3.05, 3.63) is 53.2 Å². The molecule has 2 aromatic rings. The fourth-order valence-corrected chi connectivity index (χ4v) is 3.80. The van der Waals surface area contributed by atoms with Gasteiger partial charge in [0.1, 0.15) is 5.82 Å². The van der Waals surface area contributed by atoms with E-state index in [0.29, 0.717) is 24.0 Å². The van der Waals surface area contributed by atoms with Crippen LogP contribution in [0.15, 0.2) is 36.5 Å². The Hall–Kier alpha value is -2.93. The SMILES string of the molecule is Cc1cc(NC(=O)C(=O)N2C[C@@H](C)CC[C@@]2(C)c2ccc(CO)cc2)cnc1N. The Morgan fingerprint density at radius 2 is 2.03 bits per heavy atom. The number of piperidine rings is 1. The molecule has 7 heteroatoms. The van der Waals surface area contributed by atoms with E-state index in [0.717, 1.165) is 29.5 Å². The van der Waals surface area contributed by atoms with Gasteiger partial charge in [0.25, 0.3) is 0 Å². The highest BCUT2D eigenvalue weighted by molar-refractivity contribution is 6.39. The summed E-state index contributed by atoms with van der Waals surface area (Å²) in [6.07, 6.45) is 3.16. The Labute approximate surface area is 170 Å². The van der Waals surface area contributed by atoms with Crippen LogP contribution >= 0.6 is 0 Å². The van der Waals surface area contributed by atoms with Crippen molar-refractivity contribution in [2.75, 3.05) is 17.6 Å². The number of nitrogens with zero attached hydrogens (tertiary/aromatic N) is 2. The quantitative estimate of drug-likeness (QED) is 0.691. The molecule has 2 amide bonds. The number of anilines is 2. The maximum Gasteiger partial charge on any atom is 0.313 e. The van der Waals surface area contributed by atoms with Gasteiger partial charge in [0.2, 0.25) is 0 Å². The maximum absolute atomic E-state index is 13.1. The largest absolute Gasteiger partial charge is 0.392 e. The highest BCUT2D eigenvalue weighted by atomic mass is 16.3. The zero-order chi connectivity index (χ0) is 21.2.